The van der Waals surface area contributed by atoms with Crippen molar-refractivity contribution in [3.05, 3.63) is 71.8 Å². The number of rotatable bonds is 6. The fraction of sp³-hybridized carbons (Fsp3) is 0.238. The lowest BCUT2D eigenvalue weighted by molar-refractivity contribution is -0.121. The summed E-state index contributed by atoms with van der Waals surface area (Å²) < 4.78 is 15.0. The number of nitrogens with one attached hydrogen (secondary N) is 2. The Labute approximate surface area is 177 Å². The van der Waals surface area contributed by atoms with Crippen molar-refractivity contribution < 1.29 is 14.0 Å². The molecule has 0 aliphatic heterocycles. The number of amides is 2. The van der Waals surface area contributed by atoms with E-state index in [1.165, 1.54) is 36.0 Å². The first kappa shape index (κ1) is 20.1. The van der Waals surface area contributed by atoms with Gasteiger partial charge in [-0.15, -0.1) is 10.2 Å². The molecule has 0 saturated heterocycles. The van der Waals surface area contributed by atoms with Crippen molar-refractivity contribution in [3.8, 4) is 5.69 Å². The van der Waals surface area contributed by atoms with Crippen LogP contribution in [0.4, 0.5) is 4.39 Å². The van der Waals surface area contributed by atoms with Crippen LogP contribution in [0.5, 0.6) is 0 Å². The summed E-state index contributed by atoms with van der Waals surface area (Å²) in [6, 6.07) is 14.8. The lowest BCUT2D eigenvalue weighted by Gasteiger charge is -2.14. The highest BCUT2D eigenvalue weighted by atomic mass is 32.2. The van der Waals surface area contributed by atoms with E-state index in [-0.39, 0.29) is 11.5 Å². The second-order valence-electron chi connectivity index (χ2n) is 7.00. The summed E-state index contributed by atoms with van der Waals surface area (Å²) >= 11 is 1.27. The van der Waals surface area contributed by atoms with Crippen LogP contribution >= 0.6 is 11.8 Å². The van der Waals surface area contributed by atoms with Gasteiger partial charge in [0.2, 0.25) is 0 Å². The Bertz CT molecular complexity index is 1050. The van der Waals surface area contributed by atoms with Gasteiger partial charge in [0, 0.05) is 17.2 Å². The quantitative estimate of drug-likeness (QED) is 0.468. The van der Waals surface area contributed by atoms with E-state index in [1.807, 2.05) is 34.9 Å². The number of hydrogen-bond donors (Lipinski definition) is 2. The second-order valence-corrected chi connectivity index (χ2v) is 8.30. The Balaban J connectivity index is 1.42. The first-order valence-corrected chi connectivity index (χ1v) is 10.4. The molecule has 1 atom stereocenters. The van der Waals surface area contributed by atoms with Gasteiger partial charge in [-0.05, 0) is 56.2 Å². The van der Waals surface area contributed by atoms with Crippen molar-refractivity contribution in [3.63, 3.8) is 0 Å². The van der Waals surface area contributed by atoms with E-state index in [9.17, 15) is 14.0 Å². The monoisotopic (exact) mass is 425 g/mol. The molecule has 3 aromatic rings. The molecular weight excluding hydrogens is 405 g/mol. The maximum atomic E-state index is 13.0. The molecule has 1 aromatic heterocycles. The van der Waals surface area contributed by atoms with Crippen LogP contribution in [0, 0.1) is 5.82 Å². The summed E-state index contributed by atoms with van der Waals surface area (Å²) in [4.78, 5) is 24.6. The summed E-state index contributed by atoms with van der Waals surface area (Å²) in [7, 11) is 0. The lowest BCUT2D eigenvalue weighted by Crippen LogP contribution is -2.45. The largest absolute Gasteiger partial charge is 0.274 e. The molecule has 2 N–H and O–H groups in total. The average Bonchev–Trinajstić information content (AvgIpc) is 3.53. The van der Waals surface area contributed by atoms with E-state index in [0.717, 1.165) is 24.4 Å². The van der Waals surface area contributed by atoms with Gasteiger partial charge in [0.15, 0.2) is 5.16 Å². The zero-order valence-electron chi connectivity index (χ0n) is 16.2. The molecule has 0 bridgehead atoms. The van der Waals surface area contributed by atoms with E-state index in [2.05, 4.69) is 21.0 Å². The van der Waals surface area contributed by atoms with Gasteiger partial charge in [0.25, 0.3) is 11.8 Å². The summed E-state index contributed by atoms with van der Waals surface area (Å²) in [6.07, 6.45) is 2.17. The fourth-order valence-electron chi connectivity index (χ4n) is 2.89. The topological polar surface area (TPSA) is 88.9 Å². The van der Waals surface area contributed by atoms with Crippen molar-refractivity contribution in [2.24, 2.45) is 0 Å². The third-order valence-corrected chi connectivity index (χ3v) is 5.72. The number of carbonyl (C=O) groups excluding carboxylic acids is 2. The van der Waals surface area contributed by atoms with Gasteiger partial charge in [0.05, 0.1) is 5.25 Å². The van der Waals surface area contributed by atoms with Crippen LogP contribution in [0.2, 0.25) is 0 Å². The molecule has 0 spiro atoms. The normalized spacial score (nSPS) is 14.2. The Kier molecular flexibility index (Phi) is 5.80. The van der Waals surface area contributed by atoms with Crippen molar-refractivity contribution in [2.75, 3.05) is 0 Å². The fourth-order valence-corrected chi connectivity index (χ4v) is 3.76. The van der Waals surface area contributed by atoms with E-state index in [4.69, 9.17) is 0 Å². The number of thioether (sulfide) groups is 1. The standard InChI is InChI=1S/C21H20FN5O2S/c1-13(19(28)24-25-20(29)15-9-11-16(22)12-10-15)30-21-26-23-18(14-7-8-14)27(21)17-5-3-2-4-6-17/h2-6,9-14H,7-8H2,1H3,(H,24,28)(H,25,29). The molecule has 1 aliphatic rings. The van der Waals surface area contributed by atoms with Crippen LogP contribution < -0.4 is 10.9 Å². The molecular formula is C21H20FN5O2S. The van der Waals surface area contributed by atoms with Gasteiger partial charge in [-0.3, -0.25) is 25.0 Å². The molecule has 9 heteroatoms. The van der Waals surface area contributed by atoms with Gasteiger partial charge in [-0.25, -0.2) is 4.39 Å². The molecule has 1 aliphatic carbocycles. The number of hydrazine groups is 1. The van der Waals surface area contributed by atoms with Crippen LogP contribution in [0.1, 0.15) is 41.9 Å². The molecule has 1 unspecified atom stereocenters. The molecule has 4 rings (SSSR count). The van der Waals surface area contributed by atoms with E-state index in [0.29, 0.717) is 11.1 Å². The van der Waals surface area contributed by atoms with Gasteiger partial charge in [0.1, 0.15) is 11.6 Å². The smallest absolute Gasteiger partial charge is 0.269 e. The number of nitrogens with zero attached hydrogens (tertiary/aromatic N) is 3. The zero-order valence-corrected chi connectivity index (χ0v) is 17.0. The number of carbonyl (C=O) groups is 2. The summed E-state index contributed by atoms with van der Waals surface area (Å²) in [5.74, 6) is -0.0455. The average molecular weight is 425 g/mol. The molecule has 2 aromatic carbocycles. The molecule has 30 heavy (non-hydrogen) atoms. The van der Waals surface area contributed by atoms with Crippen molar-refractivity contribution in [1.82, 2.24) is 25.6 Å². The lowest BCUT2D eigenvalue weighted by atomic mass is 10.2. The highest BCUT2D eigenvalue weighted by Crippen LogP contribution is 2.41. The summed E-state index contributed by atoms with van der Waals surface area (Å²) in [5.41, 5.74) is 5.95. The molecule has 154 valence electrons. The third-order valence-electron chi connectivity index (χ3n) is 4.67. The third kappa shape index (κ3) is 4.51. The Morgan fingerprint density at radius 3 is 2.43 bits per heavy atom. The van der Waals surface area contributed by atoms with Crippen molar-refractivity contribution in [2.45, 2.75) is 36.1 Å². The Morgan fingerprint density at radius 1 is 1.07 bits per heavy atom. The van der Waals surface area contributed by atoms with Gasteiger partial charge >= 0.3 is 0 Å². The highest BCUT2D eigenvalue weighted by Gasteiger charge is 2.31. The van der Waals surface area contributed by atoms with Gasteiger partial charge in [-0.1, -0.05) is 30.0 Å². The predicted molar refractivity (Wildman–Crippen MR) is 111 cm³/mol. The predicted octanol–water partition coefficient (Wildman–Crippen LogP) is 3.23. The minimum Gasteiger partial charge on any atom is -0.274 e. The zero-order chi connectivity index (χ0) is 21.1. The number of hydrogen-bond acceptors (Lipinski definition) is 5. The van der Waals surface area contributed by atoms with Crippen molar-refractivity contribution in [1.29, 1.82) is 0 Å². The maximum Gasteiger partial charge on any atom is 0.269 e. The summed E-state index contributed by atoms with van der Waals surface area (Å²) in [6.45, 7) is 1.73. The van der Waals surface area contributed by atoms with Crippen LogP contribution in [0.15, 0.2) is 59.8 Å². The molecule has 1 saturated carbocycles. The highest BCUT2D eigenvalue weighted by molar-refractivity contribution is 8.00. The Morgan fingerprint density at radius 2 is 1.77 bits per heavy atom. The van der Waals surface area contributed by atoms with Crippen LogP contribution in [0.25, 0.3) is 5.69 Å². The maximum absolute atomic E-state index is 13.0. The number of aromatic nitrogens is 3. The first-order chi connectivity index (χ1) is 14.5. The van der Waals surface area contributed by atoms with Crippen LogP contribution in [-0.2, 0) is 4.79 Å². The van der Waals surface area contributed by atoms with Gasteiger partial charge < -0.3 is 0 Å². The minimum absolute atomic E-state index is 0.245. The molecule has 2 amide bonds. The Hall–Kier alpha value is -3.20. The molecule has 7 nitrogen and oxygen atoms in total. The van der Waals surface area contributed by atoms with E-state index >= 15 is 0 Å². The SMILES string of the molecule is CC(Sc1nnc(C2CC2)n1-c1ccccc1)C(=O)NNC(=O)c1ccc(F)cc1. The molecule has 1 fully saturated rings. The molecule has 1 heterocycles. The van der Waals surface area contributed by atoms with Gasteiger partial charge in [-0.2, -0.15) is 0 Å². The number of halogens is 1. The van der Waals surface area contributed by atoms with Crippen LogP contribution in [0.3, 0.4) is 0 Å². The number of para-hydroxylation sites is 1. The van der Waals surface area contributed by atoms with E-state index < -0.39 is 17.0 Å². The summed E-state index contributed by atoms with van der Waals surface area (Å²) in [5, 5.41) is 8.74. The second kappa shape index (κ2) is 8.66. The molecule has 0 radical (unpaired) electrons. The van der Waals surface area contributed by atoms with Crippen LogP contribution in [-0.4, -0.2) is 31.8 Å². The first-order valence-electron chi connectivity index (χ1n) is 9.56. The number of benzene rings is 2. The van der Waals surface area contributed by atoms with E-state index in [1.54, 1.807) is 6.92 Å². The minimum atomic E-state index is -0.530. The van der Waals surface area contributed by atoms with Crippen molar-refractivity contribution >= 4 is 23.6 Å².